The summed E-state index contributed by atoms with van der Waals surface area (Å²) in [5.41, 5.74) is 0.956. The first kappa shape index (κ1) is 12.9. The van der Waals surface area contributed by atoms with Gasteiger partial charge in [0.15, 0.2) is 0 Å². The molecule has 0 spiro atoms. The van der Waals surface area contributed by atoms with Crippen LogP contribution in [0.15, 0.2) is 23.7 Å². The highest BCUT2D eigenvalue weighted by Crippen LogP contribution is 2.37. The Bertz CT molecular complexity index is 326. The molecular weight excluding hydrogens is 211 g/mol. The first-order valence-corrected chi connectivity index (χ1v) is 6.64. The Morgan fingerprint density at radius 3 is 2.29 bits per heavy atom. The summed E-state index contributed by atoms with van der Waals surface area (Å²) in [6.07, 6.45) is 9.53. The number of rotatable bonds is 2. The standard InChI is InChI=1S/C14H23BO2/c1-13(2)14(3,4)17-15(16-13)11-10-12-8-6-5-7-9-12/h8,10-11H,5-7,9H2,1-4H3/b11-10-. The summed E-state index contributed by atoms with van der Waals surface area (Å²) >= 11 is 0. The van der Waals surface area contributed by atoms with E-state index in [1.165, 1.54) is 31.3 Å². The van der Waals surface area contributed by atoms with E-state index in [1.54, 1.807) is 0 Å². The molecule has 0 radical (unpaired) electrons. The van der Waals surface area contributed by atoms with Crippen LogP contribution in [0.1, 0.15) is 53.4 Å². The molecule has 1 heterocycles. The molecule has 1 saturated heterocycles. The third kappa shape index (κ3) is 2.83. The van der Waals surface area contributed by atoms with Gasteiger partial charge in [0.25, 0.3) is 0 Å². The third-order valence-corrected chi connectivity index (χ3v) is 4.07. The molecule has 0 atom stereocenters. The molecule has 17 heavy (non-hydrogen) atoms. The van der Waals surface area contributed by atoms with Crippen LogP contribution in [-0.2, 0) is 9.31 Å². The minimum atomic E-state index is -0.233. The molecular formula is C14H23BO2. The largest absolute Gasteiger partial charge is 0.487 e. The second-order valence-corrected chi connectivity index (χ2v) is 6.01. The van der Waals surface area contributed by atoms with E-state index in [9.17, 15) is 0 Å². The molecule has 0 aromatic rings. The van der Waals surface area contributed by atoms with Gasteiger partial charge < -0.3 is 9.31 Å². The molecule has 1 aliphatic carbocycles. The van der Waals surface area contributed by atoms with E-state index in [-0.39, 0.29) is 18.3 Å². The Morgan fingerprint density at radius 2 is 1.76 bits per heavy atom. The van der Waals surface area contributed by atoms with Crippen molar-refractivity contribution in [1.29, 1.82) is 0 Å². The predicted molar refractivity (Wildman–Crippen MR) is 71.8 cm³/mol. The van der Waals surface area contributed by atoms with Crippen molar-refractivity contribution in [2.45, 2.75) is 64.6 Å². The molecule has 2 rings (SSSR count). The van der Waals surface area contributed by atoms with E-state index >= 15 is 0 Å². The van der Waals surface area contributed by atoms with Gasteiger partial charge in [0.2, 0.25) is 0 Å². The van der Waals surface area contributed by atoms with Crippen LogP contribution in [0.5, 0.6) is 0 Å². The molecule has 0 bridgehead atoms. The highest BCUT2D eigenvalue weighted by molar-refractivity contribution is 6.51. The molecule has 0 aromatic heterocycles. The number of hydrogen-bond acceptors (Lipinski definition) is 2. The lowest BCUT2D eigenvalue weighted by Gasteiger charge is -2.32. The van der Waals surface area contributed by atoms with E-state index in [0.29, 0.717) is 0 Å². The van der Waals surface area contributed by atoms with Gasteiger partial charge in [-0.05, 0) is 53.4 Å². The van der Waals surface area contributed by atoms with Crippen LogP contribution < -0.4 is 0 Å². The summed E-state index contributed by atoms with van der Waals surface area (Å²) in [6.45, 7) is 8.34. The SMILES string of the molecule is CC1(C)OB(/C=C\C2=CCCCC2)OC1(C)C. The summed E-state index contributed by atoms with van der Waals surface area (Å²) in [5.74, 6) is 2.05. The van der Waals surface area contributed by atoms with E-state index in [2.05, 4.69) is 39.8 Å². The number of allylic oxidation sites excluding steroid dienone is 3. The van der Waals surface area contributed by atoms with Gasteiger partial charge in [-0.15, -0.1) is 0 Å². The fourth-order valence-corrected chi connectivity index (χ4v) is 2.18. The van der Waals surface area contributed by atoms with Gasteiger partial charge in [0.1, 0.15) is 0 Å². The van der Waals surface area contributed by atoms with Crippen LogP contribution >= 0.6 is 0 Å². The fourth-order valence-electron chi connectivity index (χ4n) is 2.18. The zero-order valence-electron chi connectivity index (χ0n) is 11.5. The van der Waals surface area contributed by atoms with Crippen LogP contribution in [-0.4, -0.2) is 18.3 Å². The van der Waals surface area contributed by atoms with Gasteiger partial charge in [-0.3, -0.25) is 0 Å². The van der Waals surface area contributed by atoms with Gasteiger partial charge in [0.05, 0.1) is 11.2 Å². The molecule has 0 aromatic carbocycles. The topological polar surface area (TPSA) is 18.5 Å². The van der Waals surface area contributed by atoms with Crippen molar-refractivity contribution >= 4 is 7.12 Å². The van der Waals surface area contributed by atoms with E-state index in [0.717, 1.165) is 0 Å². The van der Waals surface area contributed by atoms with Crippen molar-refractivity contribution in [2.75, 3.05) is 0 Å². The van der Waals surface area contributed by atoms with Crippen molar-refractivity contribution in [3.8, 4) is 0 Å². The minimum absolute atomic E-state index is 0.206. The lowest BCUT2D eigenvalue weighted by molar-refractivity contribution is 0.00578. The predicted octanol–water partition coefficient (Wildman–Crippen LogP) is 3.67. The average Bonchev–Trinajstić information content (AvgIpc) is 2.46. The first-order chi connectivity index (χ1) is 7.91. The minimum Gasteiger partial charge on any atom is -0.400 e. The molecule has 2 aliphatic rings. The van der Waals surface area contributed by atoms with Crippen molar-refractivity contribution in [2.24, 2.45) is 0 Å². The smallest absolute Gasteiger partial charge is 0.400 e. The van der Waals surface area contributed by atoms with Crippen molar-refractivity contribution in [1.82, 2.24) is 0 Å². The highest BCUT2D eigenvalue weighted by atomic mass is 16.7. The third-order valence-electron chi connectivity index (χ3n) is 4.07. The second-order valence-electron chi connectivity index (χ2n) is 6.01. The van der Waals surface area contributed by atoms with Crippen LogP contribution in [0, 0.1) is 0 Å². The Kier molecular flexibility index (Phi) is 3.51. The van der Waals surface area contributed by atoms with Gasteiger partial charge in [0, 0.05) is 0 Å². The molecule has 94 valence electrons. The van der Waals surface area contributed by atoms with Gasteiger partial charge in [-0.25, -0.2) is 0 Å². The van der Waals surface area contributed by atoms with E-state index in [4.69, 9.17) is 9.31 Å². The lowest BCUT2D eigenvalue weighted by Crippen LogP contribution is -2.41. The molecule has 0 N–H and O–H groups in total. The summed E-state index contributed by atoms with van der Waals surface area (Å²) in [5, 5.41) is 0. The Hall–Kier alpha value is -0.535. The summed E-state index contributed by atoms with van der Waals surface area (Å²) in [4.78, 5) is 0. The number of hydrogen-bond donors (Lipinski definition) is 0. The molecule has 1 fully saturated rings. The van der Waals surface area contributed by atoms with Gasteiger partial charge in [-0.2, -0.15) is 0 Å². The normalized spacial score (nSPS) is 27.5. The first-order valence-electron chi connectivity index (χ1n) is 6.64. The fraction of sp³-hybridized carbons (Fsp3) is 0.714. The van der Waals surface area contributed by atoms with Crippen LogP contribution in [0.25, 0.3) is 0 Å². The Balaban J connectivity index is 1.97. The maximum atomic E-state index is 5.92. The molecule has 0 amide bonds. The maximum Gasteiger partial charge on any atom is 0.487 e. The Morgan fingerprint density at radius 1 is 1.12 bits per heavy atom. The Labute approximate surface area is 105 Å². The molecule has 2 nitrogen and oxygen atoms in total. The quantitative estimate of drug-likeness (QED) is 0.678. The average molecular weight is 234 g/mol. The van der Waals surface area contributed by atoms with Gasteiger partial charge >= 0.3 is 7.12 Å². The summed E-state index contributed by atoms with van der Waals surface area (Å²) in [6, 6.07) is 0. The second kappa shape index (κ2) is 4.62. The van der Waals surface area contributed by atoms with E-state index in [1.807, 2.05) is 5.98 Å². The monoisotopic (exact) mass is 234 g/mol. The zero-order chi connectivity index (χ0) is 12.5. The lowest BCUT2D eigenvalue weighted by atomic mass is 9.87. The van der Waals surface area contributed by atoms with Crippen molar-refractivity contribution < 1.29 is 9.31 Å². The molecule has 0 unspecified atom stereocenters. The van der Waals surface area contributed by atoms with Crippen LogP contribution in [0.4, 0.5) is 0 Å². The van der Waals surface area contributed by atoms with Crippen LogP contribution in [0.3, 0.4) is 0 Å². The van der Waals surface area contributed by atoms with Crippen LogP contribution in [0.2, 0.25) is 0 Å². The van der Waals surface area contributed by atoms with Crippen molar-refractivity contribution in [3.63, 3.8) is 0 Å². The molecule has 1 aliphatic heterocycles. The highest BCUT2D eigenvalue weighted by Gasteiger charge is 2.49. The van der Waals surface area contributed by atoms with Crippen molar-refractivity contribution in [3.05, 3.63) is 23.7 Å². The molecule has 3 heteroatoms. The van der Waals surface area contributed by atoms with Gasteiger partial charge in [-0.1, -0.05) is 23.7 Å². The summed E-state index contributed by atoms with van der Waals surface area (Å²) in [7, 11) is -0.206. The zero-order valence-corrected chi connectivity index (χ0v) is 11.5. The molecule has 0 saturated carbocycles. The summed E-state index contributed by atoms with van der Waals surface area (Å²) < 4.78 is 11.8. The maximum absolute atomic E-state index is 5.92. The van der Waals surface area contributed by atoms with E-state index < -0.39 is 0 Å².